The Kier molecular flexibility index (Phi) is 4.49. The summed E-state index contributed by atoms with van der Waals surface area (Å²) in [5.41, 5.74) is 0.997. The van der Waals surface area contributed by atoms with Crippen molar-refractivity contribution in [1.82, 2.24) is 0 Å². The number of aryl methyl sites for hydroxylation is 1. The summed E-state index contributed by atoms with van der Waals surface area (Å²) in [4.78, 5) is 0.161. The summed E-state index contributed by atoms with van der Waals surface area (Å²) in [7, 11) is -3.76. The first-order valence-electron chi connectivity index (χ1n) is 6.59. The van der Waals surface area contributed by atoms with Gasteiger partial charge in [0.1, 0.15) is 0 Å². The zero-order valence-corrected chi connectivity index (χ0v) is 12.8. The fourth-order valence-electron chi connectivity index (χ4n) is 2.21. The molecular formula is C14H20O5S. The van der Waals surface area contributed by atoms with Gasteiger partial charge in [-0.15, -0.1) is 0 Å². The normalized spacial score (nSPS) is 19.9. The van der Waals surface area contributed by atoms with Crippen LogP contribution in [0, 0.1) is 6.92 Å². The third-order valence-electron chi connectivity index (χ3n) is 3.16. The maximum absolute atomic E-state index is 12.1. The molecule has 0 radical (unpaired) electrons. The van der Waals surface area contributed by atoms with Gasteiger partial charge in [-0.3, -0.25) is 4.18 Å². The van der Waals surface area contributed by atoms with Crippen LogP contribution in [0.4, 0.5) is 0 Å². The van der Waals surface area contributed by atoms with Crippen LogP contribution in [0.5, 0.6) is 0 Å². The molecule has 1 aliphatic heterocycles. The second kappa shape index (κ2) is 5.81. The first-order chi connectivity index (χ1) is 9.31. The Hall–Kier alpha value is -0.950. The van der Waals surface area contributed by atoms with E-state index in [0.29, 0.717) is 19.6 Å². The average Bonchev–Trinajstić information content (AvgIpc) is 2.75. The lowest BCUT2D eigenvalue weighted by molar-refractivity contribution is -0.158. The fraction of sp³-hybridized carbons (Fsp3) is 0.571. The largest absolute Gasteiger partial charge is 0.348 e. The number of hydrogen-bond donors (Lipinski definition) is 0. The van der Waals surface area contributed by atoms with Gasteiger partial charge in [-0.05, 0) is 32.9 Å². The molecule has 2 rings (SSSR count). The molecule has 1 aromatic carbocycles. The smallest absolute Gasteiger partial charge is 0.297 e. The lowest BCUT2D eigenvalue weighted by Gasteiger charge is -2.25. The number of rotatable bonds is 5. The monoisotopic (exact) mass is 300 g/mol. The van der Waals surface area contributed by atoms with Crippen LogP contribution < -0.4 is 0 Å². The summed E-state index contributed by atoms with van der Waals surface area (Å²) in [5.74, 6) is -0.762. The maximum atomic E-state index is 12.1. The molecule has 0 N–H and O–H groups in total. The van der Waals surface area contributed by atoms with Crippen molar-refractivity contribution in [2.45, 2.75) is 44.0 Å². The standard InChI is InChI=1S/C14H20O5S/c1-11-4-6-13(7-5-11)20(15,16)19-12(2)10-14(3)17-8-9-18-14/h4-7,12H,8-10H2,1-3H3. The van der Waals surface area contributed by atoms with Crippen molar-refractivity contribution >= 4 is 10.1 Å². The Morgan fingerprint density at radius 2 is 1.80 bits per heavy atom. The molecule has 0 aromatic heterocycles. The molecule has 6 heteroatoms. The van der Waals surface area contributed by atoms with Gasteiger partial charge in [0, 0.05) is 6.42 Å². The molecule has 112 valence electrons. The second-order valence-corrected chi connectivity index (χ2v) is 6.78. The highest BCUT2D eigenvalue weighted by Gasteiger charge is 2.34. The van der Waals surface area contributed by atoms with Crippen molar-refractivity contribution in [2.75, 3.05) is 13.2 Å². The molecule has 0 amide bonds. The van der Waals surface area contributed by atoms with Gasteiger partial charge in [0.2, 0.25) is 0 Å². The highest BCUT2D eigenvalue weighted by atomic mass is 32.2. The van der Waals surface area contributed by atoms with Crippen LogP contribution in [0.15, 0.2) is 29.2 Å². The van der Waals surface area contributed by atoms with E-state index in [1.165, 1.54) is 0 Å². The van der Waals surface area contributed by atoms with E-state index < -0.39 is 22.0 Å². The van der Waals surface area contributed by atoms with Crippen molar-refractivity contribution in [3.8, 4) is 0 Å². The Bertz CT molecular complexity index is 543. The maximum Gasteiger partial charge on any atom is 0.297 e. The lowest BCUT2D eigenvalue weighted by atomic mass is 10.1. The first-order valence-corrected chi connectivity index (χ1v) is 7.99. The molecule has 20 heavy (non-hydrogen) atoms. The van der Waals surface area contributed by atoms with Crippen LogP contribution in [0.1, 0.15) is 25.8 Å². The van der Waals surface area contributed by atoms with Gasteiger partial charge in [0.05, 0.1) is 24.2 Å². The quantitative estimate of drug-likeness (QED) is 0.780. The summed E-state index contributed by atoms with van der Waals surface area (Å²) in [6.07, 6.45) is -0.164. The van der Waals surface area contributed by atoms with Crippen molar-refractivity contribution in [1.29, 1.82) is 0 Å². The summed E-state index contributed by atoms with van der Waals surface area (Å²) in [5, 5.41) is 0. The fourth-order valence-corrected chi connectivity index (χ4v) is 3.29. The third-order valence-corrected chi connectivity index (χ3v) is 4.59. The summed E-state index contributed by atoms with van der Waals surface area (Å²) in [6, 6.07) is 6.57. The minimum absolute atomic E-state index is 0.161. The van der Waals surface area contributed by atoms with Gasteiger partial charge in [0.25, 0.3) is 10.1 Å². The van der Waals surface area contributed by atoms with Crippen molar-refractivity contribution < 1.29 is 22.1 Å². The van der Waals surface area contributed by atoms with E-state index in [9.17, 15) is 8.42 Å². The number of benzene rings is 1. The highest BCUT2D eigenvalue weighted by Crippen LogP contribution is 2.26. The van der Waals surface area contributed by atoms with E-state index >= 15 is 0 Å². The molecule has 5 nitrogen and oxygen atoms in total. The molecule has 1 heterocycles. The highest BCUT2D eigenvalue weighted by molar-refractivity contribution is 7.86. The van der Waals surface area contributed by atoms with Crippen molar-refractivity contribution in [3.05, 3.63) is 29.8 Å². The number of hydrogen-bond acceptors (Lipinski definition) is 5. The van der Waals surface area contributed by atoms with Crippen LogP contribution in [0.3, 0.4) is 0 Å². The van der Waals surface area contributed by atoms with E-state index in [-0.39, 0.29) is 4.90 Å². The Balaban J connectivity index is 2.02. The predicted octanol–water partition coefficient (Wildman–Crippen LogP) is 2.24. The minimum atomic E-state index is -3.76. The lowest BCUT2D eigenvalue weighted by Crippen LogP contribution is -2.32. The van der Waals surface area contributed by atoms with Gasteiger partial charge in [0.15, 0.2) is 5.79 Å². The second-order valence-electron chi connectivity index (χ2n) is 5.21. The first kappa shape index (κ1) is 15.4. The van der Waals surface area contributed by atoms with E-state index in [1.807, 2.05) is 6.92 Å². The molecule has 1 unspecified atom stereocenters. The molecule has 1 saturated heterocycles. The topological polar surface area (TPSA) is 61.8 Å². The molecule has 0 bridgehead atoms. The van der Waals surface area contributed by atoms with Gasteiger partial charge in [-0.2, -0.15) is 8.42 Å². The third kappa shape index (κ3) is 3.79. The van der Waals surface area contributed by atoms with E-state index in [2.05, 4.69) is 0 Å². The Labute approximate surface area is 120 Å². The summed E-state index contributed by atoms with van der Waals surface area (Å²) < 4.78 is 40.4. The van der Waals surface area contributed by atoms with E-state index in [4.69, 9.17) is 13.7 Å². The minimum Gasteiger partial charge on any atom is -0.348 e. The Morgan fingerprint density at radius 1 is 1.25 bits per heavy atom. The molecular weight excluding hydrogens is 280 g/mol. The summed E-state index contributed by atoms with van der Waals surface area (Å²) >= 11 is 0. The summed E-state index contributed by atoms with van der Waals surface area (Å²) in [6.45, 7) is 6.43. The van der Waals surface area contributed by atoms with Crippen LogP contribution in [-0.4, -0.2) is 33.5 Å². The molecule has 1 aliphatic rings. The molecule has 0 aliphatic carbocycles. The molecule has 1 fully saturated rings. The zero-order valence-electron chi connectivity index (χ0n) is 12.0. The van der Waals surface area contributed by atoms with Crippen LogP contribution >= 0.6 is 0 Å². The SMILES string of the molecule is Cc1ccc(S(=O)(=O)OC(C)CC2(C)OCCO2)cc1. The van der Waals surface area contributed by atoms with Gasteiger partial charge < -0.3 is 9.47 Å². The van der Waals surface area contributed by atoms with Crippen molar-refractivity contribution in [3.63, 3.8) is 0 Å². The molecule has 1 aromatic rings. The number of ether oxygens (including phenoxy) is 2. The van der Waals surface area contributed by atoms with Crippen LogP contribution in [0.25, 0.3) is 0 Å². The molecule has 0 saturated carbocycles. The zero-order chi connectivity index (χ0) is 14.8. The molecule has 1 atom stereocenters. The van der Waals surface area contributed by atoms with Gasteiger partial charge >= 0.3 is 0 Å². The predicted molar refractivity (Wildman–Crippen MR) is 73.8 cm³/mol. The van der Waals surface area contributed by atoms with Crippen LogP contribution in [-0.2, 0) is 23.8 Å². The van der Waals surface area contributed by atoms with E-state index in [0.717, 1.165) is 5.56 Å². The Morgan fingerprint density at radius 3 is 2.35 bits per heavy atom. The van der Waals surface area contributed by atoms with Gasteiger partial charge in [-0.1, -0.05) is 17.7 Å². The van der Waals surface area contributed by atoms with Gasteiger partial charge in [-0.25, -0.2) is 0 Å². The van der Waals surface area contributed by atoms with Crippen LogP contribution in [0.2, 0.25) is 0 Å². The molecule has 0 spiro atoms. The van der Waals surface area contributed by atoms with Crippen molar-refractivity contribution in [2.24, 2.45) is 0 Å². The average molecular weight is 300 g/mol. The van der Waals surface area contributed by atoms with E-state index in [1.54, 1.807) is 38.1 Å².